The van der Waals surface area contributed by atoms with Crippen LogP contribution in [0.2, 0.25) is 0 Å². The number of benzene rings is 1. The first kappa shape index (κ1) is 14.2. The van der Waals surface area contributed by atoms with Gasteiger partial charge in [-0.2, -0.15) is 16.6 Å². The van der Waals surface area contributed by atoms with Crippen molar-refractivity contribution < 1.29 is 14.3 Å². The van der Waals surface area contributed by atoms with Gasteiger partial charge in [0.1, 0.15) is 24.9 Å². The SMILES string of the molecule is N#C/C(=C\c1ccsc1)C(=O)Nc1ccc2c(c1)OCCO2. The van der Waals surface area contributed by atoms with Gasteiger partial charge in [0.2, 0.25) is 0 Å². The number of carbonyl (C=O) groups is 1. The molecule has 3 rings (SSSR count). The van der Waals surface area contributed by atoms with Gasteiger partial charge < -0.3 is 14.8 Å². The van der Waals surface area contributed by atoms with Gasteiger partial charge in [-0.05, 0) is 40.6 Å². The van der Waals surface area contributed by atoms with Gasteiger partial charge in [0.25, 0.3) is 5.91 Å². The van der Waals surface area contributed by atoms with E-state index in [1.807, 2.05) is 22.9 Å². The molecule has 1 aromatic carbocycles. The number of hydrogen-bond donors (Lipinski definition) is 1. The molecule has 0 atom stereocenters. The fourth-order valence-corrected chi connectivity index (χ4v) is 2.61. The van der Waals surface area contributed by atoms with Gasteiger partial charge in [-0.3, -0.25) is 4.79 Å². The number of ether oxygens (including phenoxy) is 2. The summed E-state index contributed by atoms with van der Waals surface area (Å²) in [6, 6.07) is 8.90. The normalized spacial score (nSPS) is 13.3. The highest BCUT2D eigenvalue weighted by Gasteiger charge is 2.14. The summed E-state index contributed by atoms with van der Waals surface area (Å²) in [5, 5.41) is 15.6. The van der Waals surface area contributed by atoms with Crippen LogP contribution in [0.5, 0.6) is 11.5 Å². The van der Waals surface area contributed by atoms with E-state index < -0.39 is 5.91 Å². The highest BCUT2D eigenvalue weighted by Crippen LogP contribution is 2.32. The van der Waals surface area contributed by atoms with Crippen LogP contribution in [0.25, 0.3) is 6.08 Å². The van der Waals surface area contributed by atoms with Crippen LogP contribution < -0.4 is 14.8 Å². The van der Waals surface area contributed by atoms with Gasteiger partial charge in [-0.15, -0.1) is 0 Å². The van der Waals surface area contributed by atoms with Crippen LogP contribution in [0.4, 0.5) is 5.69 Å². The maximum atomic E-state index is 12.2. The standard InChI is InChI=1S/C16H12N2O3S/c17-9-12(7-11-3-6-22-10-11)16(19)18-13-1-2-14-15(8-13)21-5-4-20-14/h1-3,6-8,10H,4-5H2,(H,18,19)/b12-7+. The van der Waals surface area contributed by atoms with E-state index in [2.05, 4.69) is 5.32 Å². The number of rotatable bonds is 3. The van der Waals surface area contributed by atoms with E-state index in [9.17, 15) is 4.79 Å². The quantitative estimate of drug-likeness (QED) is 0.698. The predicted octanol–water partition coefficient (Wildman–Crippen LogP) is 3.06. The van der Waals surface area contributed by atoms with Crippen LogP contribution in [-0.4, -0.2) is 19.1 Å². The Bertz CT molecular complexity index is 760. The summed E-state index contributed by atoms with van der Waals surface area (Å²) in [6.07, 6.45) is 1.56. The molecule has 0 aliphatic carbocycles. The molecule has 1 aliphatic rings. The van der Waals surface area contributed by atoms with Crippen molar-refractivity contribution in [2.75, 3.05) is 18.5 Å². The van der Waals surface area contributed by atoms with Crippen molar-refractivity contribution in [1.82, 2.24) is 0 Å². The van der Waals surface area contributed by atoms with E-state index in [0.717, 1.165) is 5.56 Å². The van der Waals surface area contributed by atoms with Gasteiger partial charge >= 0.3 is 0 Å². The number of amides is 1. The third-order valence-corrected chi connectivity index (χ3v) is 3.72. The molecule has 1 amide bonds. The molecular weight excluding hydrogens is 300 g/mol. The minimum Gasteiger partial charge on any atom is -0.486 e. The molecule has 1 aromatic heterocycles. The number of nitriles is 1. The number of thiophene rings is 1. The van der Waals surface area contributed by atoms with Gasteiger partial charge in [0.05, 0.1) is 0 Å². The Morgan fingerprint density at radius 2 is 2.09 bits per heavy atom. The third kappa shape index (κ3) is 3.10. The fourth-order valence-electron chi connectivity index (χ4n) is 1.99. The largest absolute Gasteiger partial charge is 0.486 e. The van der Waals surface area contributed by atoms with Crippen molar-refractivity contribution in [3.05, 3.63) is 46.2 Å². The second kappa shape index (κ2) is 6.33. The summed E-state index contributed by atoms with van der Waals surface area (Å²) >= 11 is 1.51. The molecule has 0 fully saturated rings. The van der Waals surface area contributed by atoms with E-state index in [4.69, 9.17) is 14.7 Å². The lowest BCUT2D eigenvalue weighted by Gasteiger charge is -2.18. The Kier molecular flexibility index (Phi) is 4.08. The lowest BCUT2D eigenvalue weighted by molar-refractivity contribution is -0.112. The molecule has 1 aliphatic heterocycles. The molecule has 0 spiro atoms. The van der Waals surface area contributed by atoms with Gasteiger partial charge in [0, 0.05) is 11.8 Å². The summed E-state index contributed by atoms with van der Waals surface area (Å²) in [6.45, 7) is 0.993. The Balaban J connectivity index is 1.77. The average Bonchev–Trinajstić information content (AvgIpc) is 3.05. The predicted molar refractivity (Wildman–Crippen MR) is 84.0 cm³/mol. The molecular formula is C16H12N2O3S. The lowest BCUT2D eigenvalue weighted by atomic mass is 10.2. The van der Waals surface area contributed by atoms with E-state index in [1.165, 1.54) is 11.3 Å². The molecule has 0 saturated carbocycles. The van der Waals surface area contributed by atoms with Crippen molar-refractivity contribution in [3.8, 4) is 17.6 Å². The monoisotopic (exact) mass is 312 g/mol. The zero-order chi connectivity index (χ0) is 15.4. The van der Waals surface area contributed by atoms with Crippen LogP contribution in [0.3, 0.4) is 0 Å². The summed E-state index contributed by atoms with van der Waals surface area (Å²) in [5.74, 6) is 0.785. The van der Waals surface area contributed by atoms with Crippen molar-refractivity contribution in [1.29, 1.82) is 5.26 Å². The average molecular weight is 312 g/mol. The lowest BCUT2D eigenvalue weighted by Crippen LogP contribution is -2.17. The smallest absolute Gasteiger partial charge is 0.266 e. The van der Waals surface area contributed by atoms with E-state index >= 15 is 0 Å². The molecule has 6 heteroatoms. The molecule has 1 N–H and O–H groups in total. The molecule has 0 bridgehead atoms. The zero-order valence-corrected chi connectivity index (χ0v) is 12.4. The highest BCUT2D eigenvalue weighted by atomic mass is 32.1. The number of nitrogens with one attached hydrogen (secondary N) is 1. The van der Waals surface area contributed by atoms with E-state index in [1.54, 1.807) is 24.3 Å². The molecule has 0 saturated heterocycles. The Hall–Kier alpha value is -2.78. The molecule has 110 valence electrons. The number of nitrogens with zero attached hydrogens (tertiary/aromatic N) is 1. The van der Waals surface area contributed by atoms with E-state index in [0.29, 0.717) is 30.4 Å². The summed E-state index contributed by atoms with van der Waals surface area (Å²) in [4.78, 5) is 12.2. The first-order chi connectivity index (χ1) is 10.8. The maximum absolute atomic E-state index is 12.2. The van der Waals surface area contributed by atoms with Crippen LogP contribution in [0.1, 0.15) is 5.56 Å². The minimum atomic E-state index is -0.453. The topological polar surface area (TPSA) is 71.4 Å². The maximum Gasteiger partial charge on any atom is 0.266 e. The number of anilines is 1. The van der Waals surface area contributed by atoms with Crippen LogP contribution >= 0.6 is 11.3 Å². The van der Waals surface area contributed by atoms with Crippen molar-refractivity contribution >= 4 is 29.0 Å². The molecule has 2 heterocycles. The van der Waals surface area contributed by atoms with Crippen molar-refractivity contribution in [3.63, 3.8) is 0 Å². The highest BCUT2D eigenvalue weighted by molar-refractivity contribution is 7.08. The number of carbonyl (C=O) groups excluding carboxylic acids is 1. The first-order valence-corrected chi connectivity index (χ1v) is 7.55. The van der Waals surface area contributed by atoms with Crippen molar-refractivity contribution in [2.24, 2.45) is 0 Å². The first-order valence-electron chi connectivity index (χ1n) is 6.61. The molecule has 0 radical (unpaired) electrons. The van der Waals surface area contributed by atoms with Crippen LogP contribution in [-0.2, 0) is 4.79 Å². The molecule has 2 aromatic rings. The summed E-state index contributed by atoms with van der Waals surface area (Å²) < 4.78 is 10.9. The second-order valence-electron chi connectivity index (χ2n) is 4.54. The number of fused-ring (bicyclic) bond motifs is 1. The van der Waals surface area contributed by atoms with Gasteiger partial charge in [-0.25, -0.2) is 0 Å². The van der Waals surface area contributed by atoms with Gasteiger partial charge in [0.15, 0.2) is 11.5 Å². The molecule has 22 heavy (non-hydrogen) atoms. The van der Waals surface area contributed by atoms with Crippen molar-refractivity contribution in [2.45, 2.75) is 0 Å². The Morgan fingerprint density at radius 1 is 1.27 bits per heavy atom. The Labute approximate surface area is 131 Å². The van der Waals surface area contributed by atoms with E-state index in [-0.39, 0.29) is 5.57 Å². The molecule has 0 unspecified atom stereocenters. The number of hydrogen-bond acceptors (Lipinski definition) is 5. The van der Waals surface area contributed by atoms with Crippen LogP contribution in [0.15, 0.2) is 40.6 Å². The second-order valence-corrected chi connectivity index (χ2v) is 5.32. The van der Waals surface area contributed by atoms with Crippen LogP contribution in [0, 0.1) is 11.3 Å². The summed E-state index contributed by atoms with van der Waals surface area (Å²) in [5.41, 5.74) is 1.44. The molecule has 5 nitrogen and oxygen atoms in total. The Morgan fingerprint density at radius 3 is 2.82 bits per heavy atom. The zero-order valence-electron chi connectivity index (χ0n) is 11.5. The summed E-state index contributed by atoms with van der Waals surface area (Å²) in [7, 11) is 0. The minimum absolute atomic E-state index is 0.0493. The third-order valence-electron chi connectivity index (χ3n) is 3.02. The fraction of sp³-hybridized carbons (Fsp3) is 0.125. The van der Waals surface area contributed by atoms with Gasteiger partial charge in [-0.1, -0.05) is 0 Å².